The number of carbonyl (C=O) groups is 4. The van der Waals surface area contributed by atoms with E-state index >= 15 is 0 Å². The highest BCUT2D eigenvalue weighted by molar-refractivity contribution is 5.94. The maximum atomic E-state index is 13.4. The van der Waals surface area contributed by atoms with E-state index in [4.69, 9.17) is 9.47 Å². The lowest BCUT2D eigenvalue weighted by Gasteiger charge is -2.36. The number of rotatable bonds is 4. The van der Waals surface area contributed by atoms with Crippen molar-refractivity contribution < 1.29 is 28.7 Å². The number of nitrogens with one attached hydrogen (secondary N) is 2. The minimum Gasteiger partial charge on any atom is -0.445 e. The summed E-state index contributed by atoms with van der Waals surface area (Å²) in [7, 11) is 1.62. The predicted molar refractivity (Wildman–Crippen MR) is 128 cm³/mol. The Morgan fingerprint density at radius 2 is 1.65 bits per heavy atom. The fraction of sp³-hybridized carbons (Fsp3) is 0.750. The molecule has 0 aromatic heterocycles. The highest BCUT2D eigenvalue weighted by Gasteiger charge is 2.47. The molecule has 10 nitrogen and oxygen atoms in total. The maximum absolute atomic E-state index is 13.4. The summed E-state index contributed by atoms with van der Waals surface area (Å²) in [4.78, 5) is 54.4. The van der Waals surface area contributed by atoms with Crippen LogP contribution in [0.2, 0.25) is 0 Å². The van der Waals surface area contributed by atoms with Crippen LogP contribution >= 0.6 is 0 Å². The summed E-state index contributed by atoms with van der Waals surface area (Å²) in [6, 6.07) is 0.0252. The van der Waals surface area contributed by atoms with Crippen LogP contribution in [0.1, 0.15) is 47.5 Å². The van der Waals surface area contributed by atoms with Gasteiger partial charge < -0.3 is 24.6 Å². The Labute approximate surface area is 202 Å². The van der Waals surface area contributed by atoms with E-state index in [-0.39, 0.29) is 49.8 Å². The Balaban J connectivity index is 2.32. The third-order valence-electron chi connectivity index (χ3n) is 6.37. The lowest BCUT2D eigenvalue weighted by Crippen LogP contribution is -2.61. The van der Waals surface area contributed by atoms with Gasteiger partial charge in [0.1, 0.15) is 13.2 Å². The van der Waals surface area contributed by atoms with Crippen LogP contribution in [0, 0.1) is 5.92 Å². The normalized spacial score (nSPS) is 28.1. The molecule has 10 heteroatoms. The van der Waals surface area contributed by atoms with Crippen molar-refractivity contribution in [2.24, 2.45) is 5.92 Å². The first-order chi connectivity index (χ1) is 15.9. The lowest BCUT2D eigenvalue weighted by molar-refractivity contribution is -0.129. The van der Waals surface area contributed by atoms with Gasteiger partial charge in [-0.3, -0.25) is 14.9 Å². The molecule has 2 aliphatic heterocycles. The van der Waals surface area contributed by atoms with Crippen LogP contribution < -0.4 is 10.6 Å². The van der Waals surface area contributed by atoms with Gasteiger partial charge in [0.05, 0.1) is 17.6 Å². The second-order valence-corrected chi connectivity index (χ2v) is 9.98. The van der Waals surface area contributed by atoms with Gasteiger partial charge in [-0.25, -0.2) is 9.59 Å². The molecule has 0 saturated carbocycles. The number of nitrogens with zero attached hydrogens (tertiary/aromatic N) is 2. The zero-order chi connectivity index (χ0) is 25.5. The fourth-order valence-electron chi connectivity index (χ4n) is 4.38. The van der Waals surface area contributed by atoms with E-state index in [1.165, 1.54) is 9.80 Å². The third kappa shape index (κ3) is 7.02. The van der Waals surface area contributed by atoms with Gasteiger partial charge >= 0.3 is 12.2 Å². The Kier molecular flexibility index (Phi) is 9.64. The first-order valence-electron chi connectivity index (χ1n) is 11.9. The van der Waals surface area contributed by atoms with Crippen molar-refractivity contribution in [3.05, 3.63) is 12.2 Å². The summed E-state index contributed by atoms with van der Waals surface area (Å²) in [5, 5.41) is 6.55. The third-order valence-corrected chi connectivity index (χ3v) is 6.37. The highest BCUT2D eigenvalue weighted by atomic mass is 16.6. The molecule has 0 radical (unpaired) electrons. The number of ether oxygens (including phenoxy) is 2. The maximum Gasteiger partial charge on any atom is 0.410 e. The Morgan fingerprint density at radius 3 is 2.24 bits per heavy atom. The molecule has 0 spiro atoms. The molecule has 0 aliphatic carbocycles. The molecule has 2 atom stereocenters. The van der Waals surface area contributed by atoms with Gasteiger partial charge in [-0.2, -0.15) is 0 Å². The van der Waals surface area contributed by atoms with Crippen LogP contribution in [0.3, 0.4) is 0 Å². The number of fused-ring (bicyclic) bond motifs is 2. The second-order valence-electron chi connectivity index (χ2n) is 9.98. The molecular weight excluding hydrogens is 440 g/mol. The summed E-state index contributed by atoms with van der Waals surface area (Å²) in [6.07, 6.45) is 2.95. The number of hydrogen-bond acceptors (Lipinski definition) is 8. The van der Waals surface area contributed by atoms with E-state index in [9.17, 15) is 19.2 Å². The molecule has 2 N–H and O–H groups in total. The molecular formula is C24H40N4O6. The largest absolute Gasteiger partial charge is 0.445 e. The lowest BCUT2D eigenvalue weighted by atomic mass is 9.85. The second kappa shape index (κ2) is 11.8. The minimum atomic E-state index is -1.01. The summed E-state index contributed by atoms with van der Waals surface area (Å²) in [5.74, 6) is -0.422. The number of carbonyl (C=O) groups excluding carboxylic acids is 4. The van der Waals surface area contributed by atoms with Crippen LogP contribution in [0.5, 0.6) is 0 Å². The quantitative estimate of drug-likeness (QED) is 0.585. The van der Waals surface area contributed by atoms with Gasteiger partial charge in [0, 0.05) is 38.6 Å². The monoisotopic (exact) mass is 480 g/mol. The number of amides is 2. The number of hydrogen-bond donors (Lipinski definition) is 2. The molecule has 192 valence electrons. The molecule has 0 unspecified atom stereocenters. The van der Waals surface area contributed by atoms with Crippen molar-refractivity contribution in [1.29, 1.82) is 0 Å². The zero-order valence-electron chi connectivity index (χ0n) is 21.3. The Hall–Kier alpha value is -2.46. The van der Waals surface area contributed by atoms with Crippen molar-refractivity contribution in [2.75, 3.05) is 46.4 Å². The van der Waals surface area contributed by atoms with Crippen molar-refractivity contribution >= 4 is 23.8 Å². The molecule has 1 fully saturated rings. The Bertz CT molecular complexity index is 798. The molecule has 2 rings (SSSR count). The van der Waals surface area contributed by atoms with Gasteiger partial charge in [-0.15, -0.1) is 0 Å². The average Bonchev–Trinajstić information content (AvgIpc) is 3.21. The van der Waals surface area contributed by atoms with E-state index in [1.54, 1.807) is 19.2 Å². The number of ketones is 2. The molecule has 0 aromatic carbocycles. The highest BCUT2D eigenvalue weighted by Crippen LogP contribution is 2.27. The Morgan fingerprint density at radius 1 is 1.03 bits per heavy atom. The topological polar surface area (TPSA) is 117 Å². The summed E-state index contributed by atoms with van der Waals surface area (Å²) >= 11 is 0. The summed E-state index contributed by atoms with van der Waals surface area (Å²) in [5.41, 5.74) is -1.94. The van der Waals surface area contributed by atoms with Gasteiger partial charge in [0.2, 0.25) is 0 Å². The molecule has 34 heavy (non-hydrogen) atoms. The van der Waals surface area contributed by atoms with Crippen molar-refractivity contribution in [3.8, 4) is 0 Å². The van der Waals surface area contributed by atoms with E-state index in [2.05, 4.69) is 10.6 Å². The van der Waals surface area contributed by atoms with Gasteiger partial charge in [0.15, 0.2) is 11.6 Å². The summed E-state index contributed by atoms with van der Waals surface area (Å²) < 4.78 is 10.5. The van der Waals surface area contributed by atoms with E-state index in [0.717, 1.165) is 0 Å². The minimum absolute atomic E-state index is 0.0252. The van der Waals surface area contributed by atoms with E-state index in [1.807, 2.05) is 34.6 Å². The van der Waals surface area contributed by atoms with Gasteiger partial charge in [-0.05, 0) is 45.8 Å². The van der Waals surface area contributed by atoms with Crippen LogP contribution in [0.25, 0.3) is 0 Å². The van der Waals surface area contributed by atoms with Crippen molar-refractivity contribution in [1.82, 2.24) is 20.4 Å². The van der Waals surface area contributed by atoms with Crippen LogP contribution in [-0.2, 0) is 19.1 Å². The van der Waals surface area contributed by atoms with Crippen molar-refractivity contribution in [3.63, 3.8) is 0 Å². The first kappa shape index (κ1) is 27.8. The molecule has 1 saturated heterocycles. The van der Waals surface area contributed by atoms with Gasteiger partial charge in [0.25, 0.3) is 0 Å². The van der Waals surface area contributed by atoms with E-state index in [0.29, 0.717) is 25.9 Å². The molecule has 0 aromatic rings. The van der Waals surface area contributed by atoms with Crippen LogP contribution in [0.15, 0.2) is 12.2 Å². The number of Topliss-reactive ketones (excluding diaryl/α,β-unsaturated/α-hetero) is 2. The van der Waals surface area contributed by atoms with Crippen LogP contribution in [-0.4, -0.2) is 97.1 Å². The van der Waals surface area contributed by atoms with Crippen molar-refractivity contribution in [2.45, 2.75) is 64.6 Å². The molecule has 2 amide bonds. The smallest absolute Gasteiger partial charge is 0.410 e. The fourth-order valence-corrected chi connectivity index (χ4v) is 4.38. The SMILES string of the molecule is CC(C)N[C@]1(C)CCN(C)C(=O)OCC=CCOC(=O)N2CC[C@](C(=O)C(C)C)(C2)NCC1=O. The predicted octanol–water partition coefficient (Wildman–Crippen LogP) is 1.74. The van der Waals surface area contributed by atoms with Crippen LogP contribution in [0.4, 0.5) is 9.59 Å². The van der Waals surface area contributed by atoms with E-state index < -0.39 is 23.3 Å². The molecule has 2 heterocycles. The number of cyclic esters (lactones) is 2. The van der Waals surface area contributed by atoms with Gasteiger partial charge in [-0.1, -0.05) is 13.8 Å². The first-order valence-corrected chi connectivity index (χ1v) is 11.9. The zero-order valence-corrected chi connectivity index (χ0v) is 21.3. The average molecular weight is 481 g/mol. The molecule has 2 aliphatic rings. The summed E-state index contributed by atoms with van der Waals surface area (Å²) in [6.45, 7) is 10.2. The molecule has 2 bridgehead atoms. The standard InChI is InChI=1S/C24H40N4O6/c1-17(2)20(30)24-10-12-28(16-24)22(32)34-14-8-7-13-33-21(31)27(6)11-9-23(5,26-18(3)4)19(29)15-25-24/h7-8,17-18,25-26H,9-16H2,1-6H3/t23-,24-/m1/s1.